The van der Waals surface area contributed by atoms with Crippen LogP contribution in [-0.2, 0) is 23.0 Å². The lowest BCUT2D eigenvalue weighted by molar-refractivity contribution is 0.0965. The summed E-state index contributed by atoms with van der Waals surface area (Å²) in [6.45, 7) is 5.08. The molecular weight excluding hydrogens is 518 g/mol. The number of fused-ring (bicyclic) bond motifs is 1. The highest BCUT2D eigenvalue weighted by atomic mass is 32.2. The molecule has 3 rings (SSSR count). The molecule has 37 heavy (non-hydrogen) atoms. The normalized spacial score (nSPS) is 13.7. The first-order valence-corrected chi connectivity index (χ1v) is 13.6. The summed E-state index contributed by atoms with van der Waals surface area (Å²) >= 11 is 1.25. The maximum absolute atomic E-state index is 13.0. The predicted molar refractivity (Wildman–Crippen MR) is 141 cm³/mol. The molecule has 0 fully saturated rings. The Hall–Kier alpha value is -3.46. The molecule has 198 valence electrons. The highest BCUT2D eigenvalue weighted by molar-refractivity contribution is 7.89. The van der Waals surface area contributed by atoms with Crippen molar-refractivity contribution in [1.82, 2.24) is 14.5 Å². The van der Waals surface area contributed by atoms with Crippen LogP contribution in [0.25, 0.3) is 0 Å². The quantitative estimate of drug-likeness (QED) is 0.282. The van der Waals surface area contributed by atoms with Crippen molar-refractivity contribution in [3.8, 4) is 0 Å². The Kier molecular flexibility index (Phi) is 8.91. The lowest BCUT2D eigenvalue weighted by Gasteiger charge is -2.30. The van der Waals surface area contributed by atoms with Crippen LogP contribution >= 0.6 is 11.3 Å². The topological polar surface area (TPSA) is 190 Å². The lowest BCUT2D eigenvalue weighted by atomic mass is 10.0. The third-order valence-electron chi connectivity index (χ3n) is 5.85. The minimum Gasteiger partial charge on any atom is -0.351 e. The smallest absolute Gasteiger partial charge is 0.319 e. The summed E-state index contributed by atoms with van der Waals surface area (Å²) in [4.78, 5) is 40.2. The Morgan fingerprint density at radius 2 is 1.76 bits per heavy atom. The van der Waals surface area contributed by atoms with Crippen LogP contribution in [0.5, 0.6) is 0 Å². The lowest BCUT2D eigenvalue weighted by Crippen LogP contribution is -2.38. The van der Waals surface area contributed by atoms with Gasteiger partial charge >= 0.3 is 6.03 Å². The SMILES string of the molecule is CC(C)N1CCc2c(sc(NC(=O)c3ccc(S(=O)(=O)N(CC=N)CC=N)cc3)c2C(=O)NC(N)=O)C1. The van der Waals surface area contributed by atoms with Gasteiger partial charge in [-0.1, -0.05) is 0 Å². The number of hydrogen-bond donors (Lipinski definition) is 5. The average Bonchev–Trinajstić information content (AvgIpc) is 3.20. The highest BCUT2D eigenvalue weighted by Crippen LogP contribution is 2.38. The van der Waals surface area contributed by atoms with E-state index >= 15 is 0 Å². The van der Waals surface area contributed by atoms with E-state index in [4.69, 9.17) is 16.6 Å². The number of thiophene rings is 1. The van der Waals surface area contributed by atoms with E-state index in [1.54, 1.807) is 0 Å². The van der Waals surface area contributed by atoms with Gasteiger partial charge in [-0.3, -0.25) is 19.8 Å². The molecule has 1 aromatic heterocycles. The van der Waals surface area contributed by atoms with Crippen molar-refractivity contribution < 1.29 is 22.8 Å². The van der Waals surface area contributed by atoms with Crippen molar-refractivity contribution in [2.45, 2.75) is 37.8 Å². The number of sulfonamides is 1. The first-order chi connectivity index (χ1) is 17.5. The second-order valence-corrected chi connectivity index (χ2v) is 11.6. The summed E-state index contributed by atoms with van der Waals surface area (Å²) in [5.74, 6) is -1.26. The molecular formula is C23H29N7O5S2. The number of anilines is 1. The third-order valence-corrected chi connectivity index (χ3v) is 8.83. The van der Waals surface area contributed by atoms with Crippen molar-refractivity contribution in [3.05, 3.63) is 45.8 Å². The van der Waals surface area contributed by atoms with E-state index in [-0.39, 0.29) is 34.1 Å². The molecule has 0 saturated carbocycles. The number of carbonyl (C=O) groups excluding carboxylic acids is 3. The minimum absolute atomic E-state index is 0.0883. The minimum atomic E-state index is -3.97. The number of nitrogens with one attached hydrogen (secondary N) is 4. The van der Waals surface area contributed by atoms with E-state index in [1.807, 2.05) is 0 Å². The van der Waals surface area contributed by atoms with Crippen molar-refractivity contribution >= 4 is 56.6 Å². The Labute approximate surface area is 218 Å². The zero-order valence-corrected chi connectivity index (χ0v) is 22.0. The van der Waals surface area contributed by atoms with Gasteiger partial charge < -0.3 is 21.9 Å². The molecule has 1 aliphatic heterocycles. The van der Waals surface area contributed by atoms with Crippen LogP contribution in [0.2, 0.25) is 0 Å². The molecule has 0 aliphatic carbocycles. The number of imide groups is 1. The van der Waals surface area contributed by atoms with Gasteiger partial charge in [0.25, 0.3) is 11.8 Å². The molecule has 1 aliphatic rings. The van der Waals surface area contributed by atoms with Gasteiger partial charge in [0.2, 0.25) is 10.0 Å². The number of carbonyl (C=O) groups is 3. The molecule has 0 atom stereocenters. The summed E-state index contributed by atoms with van der Waals surface area (Å²) in [6, 6.07) is 4.51. The third kappa shape index (κ3) is 6.28. The Balaban J connectivity index is 1.89. The highest BCUT2D eigenvalue weighted by Gasteiger charge is 2.30. The number of primary amides is 1. The molecule has 4 amide bonds. The second kappa shape index (κ2) is 11.7. The predicted octanol–water partition coefficient (Wildman–Crippen LogP) is 1.87. The van der Waals surface area contributed by atoms with E-state index < -0.39 is 27.9 Å². The molecule has 0 radical (unpaired) electrons. The molecule has 12 nitrogen and oxygen atoms in total. The van der Waals surface area contributed by atoms with Crippen molar-refractivity contribution in [3.63, 3.8) is 0 Å². The van der Waals surface area contributed by atoms with Crippen LogP contribution in [-0.4, -0.2) is 73.6 Å². The Morgan fingerprint density at radius 3 is 2.30 bits per heavy atom. The van der Waals surface area contributed by atoms with Gasteiger partial charge in [-0.25, -0.2) is 13.2 Å². The van der Waals surface area contributed by atoms with Gasteiger partial charge in [-0.05, 0) is 50.1 Å². The van der Waals surface area contributed by atoms with Crippen LogP contribution in [0.1, 0.15) is 45.0 Å². The monoisotopic (exact) mass is 547 g/mol. The van der Waals surface area contributed by atoms with Crippen LogP contribution in [0.15, 0.2) is 29.2 Å². The van der Waals surface area contributed by atoms with Gasteiger partial charge in [0.1, 0.15) is 5.00 Å². The summed E-state index contributed by atoms with van der Waals surface area (Å²) in [5.41, 5.74) is 6.26. The fourth-order valence-corrected chi connectivity index (χ4v) is 6.53. The number of nitrogens with two attached hydrogens (primary N) is 1. The maximum Gasteiger partial charge on any atom is 0.319 e. The van der Waals surface area contributed by atoms with Gasteiger partial charge in [-0.15, -0.1) is 11.3 Å². The molecule has 0 spiro atoms. The average molecular weight is 548 g/mol. The molecule has 6 N–H and O–H groups in total. The number of amides is 4. The molecule has 2 heterocycles. The second-order valence-electron chi connectivity index (χ2n) is 8.55. The summed E-state index contributed by atoms with van der Waals surface area (Å²) in [7, 11) is -3.97. The fraction of sp³-hybridized carbons (Fsp3) is 0.348. The van der Waals surface area contributed by atoms with Gasteiger partial charge in [0.15, 0.2) is 0 Å². The van der Waals surface area contributed by atoms with Crippen molar-refractivity contribution in [2.24, 2.45) is 5.73 Å². The van der Waals surface area contributed by atoms with Crippen LogP contribution < -0.4 is 16.4 Å². The first-order valence-electron chi connectivity index (χ1n) is 11.4. The van der Waals surface area contributed by atoms with Crippen molar-refractivity contribution in [1.29, 1.82) is 10.8 Å². The summed E-state index contributed by atoms with van der Waals surface area (Å²) in [6.07, 6.45) is 2.42. The number of hydrogen-bond acceptors (Lipinski definition) is 9. The van der Waals surface area contributed by atoms with E-state index in [1.165, 1.54) is 35.6 Å². The summed E-state index contributed by atoms with van der Waals surface area (Å²) < 4.78 is 26.6. The van der Waals surface area contributed by atoms with Gasteiger partial charge in [0.05, 0.1) is 10.5 Å². The zero-order chi connectivity index (χ0) is 27.3. The summed E-state index contributed by atoms with van der Waals surface area (Å²) in [5, 5.41) is 19.5. The zero-order valence-electron chi connectivity index (χ0n) is 20.4. The molecule has 14 heteroatoms. The number of rotatable bonds is 10. The van der Waals surface area contributed by atoms with Crippen LogP contribution in [0, 0.1) is 10.8 Å². The number of urea groups is 1. The number of nitrogens with zero attached hydrogens (tertiary/aromatic N) is 2. The van der Waals surface area contributed by atoms with E-state index in [2.05, 4.69) is 29.4 Å². The molecule has 1 aromatic carbocycles. The van der Waals surface area contributed by atoms with Crippen LogP contribution in [0.4, 0.5) is 9.80 Å². The molecule has 0 saturated heterocycles. The van der Waals surface area contributed by atoms with Crippen molar-refractivity contribution in [2.75, 3.05) is 25.0 Å². The number of benzene rings is 1. The Morgan fingerprint density at radius 1 is 1.14 bits per heavy atom. The van der Waals surface area contributed by atoms with Crippen LogP contribution in [0.3, 0.4) is 0 Å². The maximum atomic E-state index is 13.0. The molecule has 0 bridgehead atoms. The van der Waals surface area contributed by atoms with E-state index in [0.717, 1.165) is 27.2 Å². The van der Waals surface area contributed by atoms with Gasteiger partial charge in [-0.2, -0.15) is 4.31 Å². The standard InChI is InChI=1S/C23H29N7O5S2/c1-14(2)29-10-7-17-18(13-29)36-22(19(17)21(32)28-23(26)33)27-20(31)15-3-5-16(6-4-15)37(34,35)30(11-8-24)12-9-25/h3-6,8-9,14,24-25H,7,10-13H2,1-2H3,(H,27,31)(H3,26,28,32,33). The largest absolute Gasteiger partial charge is 0.351 e. The van der Waals surface area contributed by atoms with Gasteiger partial charge in [0, 0.05) is 55.1 Å². The molecule has 0 unspecified atom stereocenters. The Bertz CT molecular complexity index is 1310. The van der Waals surface area contributed by atoms with E-state index in [9.17, 15) is 22.8 Å². The first kappa shape index (κ1) is 28.1. The fourth-order valence-electron chi connectivity index (χ4n) is 3.94. The van der Waals surface area contributed by atoms with E-state index in [0.29, 0.717) is 25.6 Å². The molecule has 2 aromatic rings.